The SMILES string of the molecule is CC(C)(C)N(c1ccccc1-c1ccc(N(C(N)=O)C2CCCCCC2)cc1)S(=O)O. The third-order valence-electron chi connectivity index (χ3n) is 5.77. The molecule has 1 atom stereocenters. The molecular weight excluding hydrogens is 410 g/mol. The molecule has 2 amide bonds. The first-order valence-corrected chi connectivity index (χ1v) is 12.0. The Balaban J connectivity index is 1.96. The van der Waals surface area contributed by atoms with Gasteiger partial charge in [0, 0.05) is 22.8 Å². The van der Waals surface area contributed by atoms with Crippen molar-refractivity contribution >= 4 is 28.7 Å². The van der Waals surface area contributed by atoms with Gasteiger partial charge < -0.3 is 5.73 Å². The van der Waals surface area contributed by atoms with Gasteiger partial charge in [-0.25, -0.2) is 9.00 Å². The number of carbonyl (C=O) groups excluding carboxylic acids is 1. The summed E-state index contributed by atoms with van der Waals surface area (Å²) in [5, 5.41) is 0. The summed E-state index contributed by atoms with van der Waals surface area (Å²) in [6.07, 6.45) is 6.57. The van der Waals surface area contributed by atoms with E-state index in [9.17, 15) is 13.6 Å². The highest BCUT2D eigenvalue weighted by Crippen LogP contribution is 2.36. The van der Waals surface area contributed by atoms with Gasteiger partial charge in [0.15, 0.2) is 0 Å². The quantitative estimate of drug-likeness (QED) is 0.459. The lowest BCUT2D eigenvalue weighted by Crippen LogP contribution is -2.43. The average molecular weight is 444 g/mol. The predicted molar refractivity (Wildman–Crippen MR) is 128 cm³/mol. The van der Waals surface area contributed by atoms with E-state index in [0.717, 1.165) is 42.5 Å². The molecule has 7 heteroatoms. The smallest absolute Gasteiger partial charge is 0.319 e. The van der Waals surface area contributed by atoms with Crippen molar-refractivity contribution in [2.45, 2.75) is 70.9 Å². The highest BCUT2D eigenvalue weighted by Gasteiger charge is 2.29. The van der Waals surface area contributed by atoms with Crippen molar-refractivity contribution in [2.24, 2.45) is 5.73 Å². The molecule has 2 aromatic carbocycles. The molecule has 1 unspecified atom stereocenters. The van der Waals surface area contributed by atoms with Gasteiger partial charge in [-0.3, -0.25) is 13.8 Å². The first-order valence-electron chi connectivity index (χ1n) is 10.9. The van der Waals surface area contributed by atoms with Crippen LogP contribution in [0, 0.1) is 0 Å². The summed E-state index contributed by atoms with van der Waals surface area (Å²) >= 11 is -2.17. The van der Waals surface area contributed by atoms with Crippen LogP contribution in [0.25, 0.3) is 11.1 Å². The lowest BCUT2D eigenvalue weighted by atomic mass is 10.00. The van der Waals surface area contributed by atoms with Crippen molar-refractivity contribution in [1.82, 2.24) is 0 Å². The van der Waals surface area contributed by atoms with Crippen LogP contribution in [0.1, 0.15) is 59.3 Å². The van der Waals surface area contributed by atoms with E-state index in [1.807, 2.05) is 69.3 Å². The second kappa shape index (κ2) is 9.83. The topological polar surface area (TPSA) is 86.9 Å². The zero-order chi connectivity index (χ0) is 22.6. The number of amides is 2. The maximum atomic E-state index is 12.3. The van der Waals surface area contributed by atoms with Crippen LogP contribution in [0.5, 0.6) is 0 Å². The molecule has 3 N–H and O–H groups in total. The Kier molecular flexibility index (Phi) is 7.38. The Morgan fingerprint density at radius 1 is 1.00 bits per heavy atom. The molecule has 0 bridgehead atoms. The van der Waals surface area contributed by atoms with Crippen molar-refractivity contribution in [3.05, 3.63) is 48.5 Å². The number of para-hydroxylation sites is 1. The van der Waals surface area contributed by atoms with E-state index in [2.05, 4.69) is 0 Å². The molecule has 0 saturated heterocycles. The summed E-state index contributed by atoms with van der Waals surface area (Å²) in [7, 11) is 0. The van der Waals surface area contributed by atoms with Crippen LogP contribution in [-0.4, -0.2) is 26.4 Å². The first kappa shape index (κ1) is 23.3. The highest BCUT2D eigenvalue weighted by molar-refractivity contribution is 7.80. The van der Waals surface area contributed by atoms with E-state index < -0.39 is 22.8 Å². The first-order chi connectivity index (χ1) is 14.7. The fraction of sp³-hybridized carbons (Fsp3) is 0.458. The van der Waals surface area contributed by atoms with Crippen molar-refractivity contribution in [2.75, 3.05) is 9.21 Å². The number of nitrogens with zero attached hydrogens (tertiary/aromatic N) is 2. The Morgan fingerprint density at radius 3 is 2.10 bits per heavy atom. The summed E-state index contributed by atoms with van der Waals surface area (Å²) in [6, 6.07) is 15.0. The van der Waals surface area contributed by atoms with Crippen LogP contribution in [-0.2, 0) is 11.3 Å². The minimum atomic E-state index is -2.17. The van der Waals surface area contributed by atoms with E-state index in [-0.39, 0.29) is 6.04 Å². The third kappa shape index (κ3) is 5.46. The molecule has 6 nitrogen and oxygen atoms in total. The molecule has 1 aliphatic rings. The fourth-order valence-electron chi connectivity index (χ4n) is 4.41. The molecule has 168 valence electrons. The van der Waals surface area contributed by atoms with Crippen LogP contribution in [0.15, 0.2) is 48.5 Å². The third-order valence-corrected chi connectivity index (χ3v) is 6.83. The van der Waals surface area contributed by atoms with E-state index >= 15 is 0 Å². The Bertz CT molecular complexity index is 916. The van der Waals surface area contributed by atoms with Crippen LogP contribution >= 0.6 is 0 Å². The average Bonchev–Trinajstić information content (AvgIpc) is 2.97. The number of benzene rings is 2. The van der Waals surface area contributed by atoms with Gasteiger partial charge in [0.1, 0.15) is 0 Å². The maximum Gasteiger partial charge on any atom is 0.319 e. The maximum absolute atomic E-state index is 12.3. The van der Waals surface area contributed by atoms with Gasteiger partial charge in [-0.05, 0) is 57.4 Å². The van der Waals surface area contributed by atoms with Crippen LogP contribution < -0.4 is 14.9 Å². The van der Waals surface area contributed by atoms with Crippen molar-refractivity contribution in [3.63, 3.8) is 0 Å². The zero-order valence-corrected chi connectivity index (χ0v) is 19.4. The molecule has 1 fully saturated rings. The normalized spacial score (nSPS) is 16.4. The zero-order valence-electron chi connectivity index (χ0n) is 18.6. The largest absolute Gasteiger partial charge is 0.351 e. The van der Waals surface area contributed by atoms with E-state index in [1.54, 1.807) is 4.90 Å². The predicted octanol–water partition coefficient (Wildman–Crippen LogP) is 5.70. The summed E-state index contributed by atoms with van der Waals surface area (Å²) in [6.45, 7) is 5.70. The molecule has 0 spiro atoms. The molecule has 1 saturated carbocycles. The minimum absolute atomic E-state index is 0.131. The molecule has 0 aliphatic heterocycles. The number of primary amides is 1. The van der Waals surface area contributed by atoms with E-state index in [1.165, 1.54) is 17.1 Å². The summed E-state index contributed by atoms with van der Waals surface area (Å²) in [5.41, 5.74) is 8.45. The number of rotatable bonds is 5. The number of urea groups is 1. The number of anilines is 2. The second-order valence-electron chi connectivity index (χ2n) is 9.11. The van der Waals surface area contributed by atoms with Gasteiger partial charge >= 0.3 is 6.03 Å². The molecule has 0 radical (unpaired) electrons. The van der Waals surface area contributed by atoms with E-state index in [0.29, 0.717) is 5.69 Å². The number of hydrogen-bond acceptors (Lipinski definition) is 2. The lowest BCUT2D eigenvalue weighted by Gasteiger charge is -2.35. The lowest BCUT2D eigenvalue weighted by molar-refractivity contribution is 0.251. The standard InChI is InChI=1S/C24H33N3O3S/c1-24(2,3)27(31(29)30)22-13-9-8-12-21(22)18-14-16-20(17-15-18)26(23(25)28)19-10-6-4-5-7-11-19/h8-9,12-17,19H,4-7,10-11H2,1-3H3,(H2,25,28)(H,29,30). The molecular formula is C24H33N3O3S. The molecule has 2 aromatic rings. The number of nitrogens with two attached hydrogens (primary N) is 1. The Labute approximate surface area is 187 Å². The van der Waals surface area contributed by atoms with Crippen molar-refractivity contribution in [1.29, 1.82) is 0 Å². The van der Waals surface area contributed by atoms with Crippen LogP contribution in [0.2, 0.25) is 0 Å². The van der Waals surface area contributed by atoms with Crippen molar-refractivity contribution < 1.29 is 13.6 Å². The fourth-order valence-corrected chi connectivity index (χ4v) is 5.21. The Morgan fingerprint density at radius 2 is 1.58 bits per heavy atom. The monoisotopic (exact) mass is 443 g/mol. The highest BCUT2D eigenvalue weighted by atomic mass is 32.2. The Hall–Kier alpha value is -2.38. The number of carbonyl (C=O) groups is 1. The van der Waals surface area contributed by atoms with Crippen molar-refractivity contribution in [3.8, 4) is 11.1 Å². The summed E-state index contributed by atoms with van der Waals surface area (Å²) in [4.78, 5) is 14.0. The second-order valence-corrected chi connectivity index (χ2v) is 9.94. The van der Waals surface area contributed by atoms with Gasteiger partial charge in [-0.1, -0.05) is 56.0 Å². The van der Waals surface area contributed by atoms with E-state index in [4.69, 9.17) is 5.73 Å². The molecule has 1 aliphatic carbocycles. The van der Waals surface area contributed by atoms with Gasteiger partial charge in [0.25, 0.3) is 11.3 Å². The van der Waals surface area contributed by atoms with Gasteiger partial charge in [0.05, 0.1) is 5.69 Å². The van der Waals surface area contributed by atoms with Gasteiger partial charge in [-0.15, -0.1) is 0 Å². The molecule has 0 heterocycles. The minimum Gasteiger partial charge on any atom is -0.351 e. The van der Waals surface area contributed by atoms with Gasteiger partial charge in [-0.2, -0.15) is 0 Å². The molecule has 0 aromatic heterocycles. The van der Waals surface area contributed by atoms with Crippen LogP contribution in [0.4, 0.5) is 16.2 Å². The number of hydrogen-bond donors (Lipinski definition) is 2. The summed E-state index contributed by atoms with van der Waals surface area (Å²) < 4.78 is 23.6. The summed E-state index contributed by atoms with van der Waals surface area (Å²) in [5.74, 6) is 0. The molecule has 3 rings (SSSR count). The van der Waals surface area contributed by atoms with Crippen LogP contribution in [0.3, 0.4) is 0 Å². The molecule has 31 heavy (non-hydrogen) atoms. The van der Waals surface area contributed by atoms with Gasteiger partial charge in [0.2, 0.25) is 0 Å².